The van der Waals surface area contributed by atoms with E-state index < -0.39 is 0 Å². The maximum atomic E-state index is 12.0. The molecule has 1 aromatic heterocycles. The zero-order valence-corrected chi connectivity index (χ0v) is 14.0. The zero-order chi connectivity index (χ0) is 16.3. The Morgan fingerprint density at radius 1 is 1.41 bits per heavy atom. The molecular weight excluding hydrogens is 280 g/mol. The van der Waals surface area contributed by atoms with Crippen LogP contribution in [0, 0.1) is 5.41 Å². The van der Waals surface area contributed by atoms with Crippen LogP contribution in [0.15, 0.2) is 6.07 Å². The van der Waals surface area contributed by atoms with Gasteiger partial charge in [-0.1, -0.05) is 20.8 Å². The number of aryl methyl sites for hydroxylation is 1. The van der Waals surface area contributed by atoms with E-state index in [0.29, 0.717) is 25.2 Å². The number of anilines is 1. The van der Waals surface area contributed by atoms with E-state index in [1.165, 1.54) is 0 Å². The number of nitrogens with zero attached hydrogens (tertiary/aromatic N) is 3. The van der Waals surface area contributed by atoms with Crippen molar-refractivity contribution in [1.82, 2.24) is 14.7 Å². The van der Waals surface area contributed by atoms with Crippen LogP contribution >= 0.6 is 0 Å². The topological polar surface area (TPSA) is 67.2 Å². The fourth-order valence-corrected chi connectivity index (χ4v) is 2.66. The smallest absolute Gasteiger partial charge is 0.227 e. The second kappa shape index (κ2) is 6.50. The molecule has 0 unspecified atom stereocenters. The molecule has 0 spiro atoms. The van der Waals surface area contributed by atoms with Gasteiger partial charge in [-0.2, -0.15) is 5.10 Å². The minimum absolute atomic E-state index is 0.0787. The van der Waals surface area contributed by atoms with Crippen molar-refractivity contribution < 1.29 is 9.59 Å². The van der Waals surface area contributed by atoms with Gasteiger partial charge in [-0.3, -0.25) is 14.3 Å². The molecule has 1 fully saturated rings. The Balaban J connectivity index is 1.87. The number of nitrogens with one attached hydrogen (secondary N) is 1. The average molecular weight is 306 g/mol. The van der Waals surface area contributed by atoms with Gasteiger partial charge in [-0.15, -0.1) is 0 Å². The van der Waals surface area contributed by atoms with Crippen LogP contribution in [0.1, 0.15) is 45.7 Å². The maximum Gasteiger partial charge on any atom is 0.227 e. The van der Waals surface area contributed by atoms with E-state index in [9.17, 15) is 9.59 Å². The molecule has 0 aliphatic carbocycles. The second-order valence-electron chi connectivity index (χ2n) is 7.16. The van der Waals surface area contributed by atoms with Crippen LogP contribution in [0.2, 0.25) is 0 Å². The van der Waals surface area contributed by atoms with Gasteiger partial charge in [0.15, 0.2) is 0 Å². The molecule has 0 bridgehead atoms. The summed E-state index contributed by atoms with van der Waals surface area (Å²) >= 11 is 0. The summed E-state index contributed by atoms with van der Waals surface area (Å²) in [7, 11) is 1.83. The van der Waals surface area contributed by atoms with Crippen LogP contribution in [0.5, 0.6) is 0 Å². The third kappa shape index (κ3) is 4.58. The number of carbonyl (C=O) groups is 2. The number of hydrogen-bond donors (Lipinski definition) is 1. The highest BCUT2D eigenvalue weighted by molar-refractivity contribution is 5.90. The monoisotopic (exact) mass is 306 g/mol. The van der Waals surface area contributed by atoms with Crippen molar-refractivity contribution in [2.24, 2.45) is 12.5 Å². The molecule has 1 aromatic rings. The third-order valence-corrected chi connectivity index (χ3v) is 3.69. The summed E-state index contributed by atoms with van der Waals surface area (Å²) in [6.45, 7) is 7.75. The lowest BCUT2D eigenvalue weighted by atomic mass is 9.91. The minimum atomic E-state index is -0.0787. The Morgan fingerprint density at radius 2 is 2.14 bits per heavy atom. The molecule has 2 rings (SSSR count). The largest absolute Gasteiger partial charge is 0.342 e. The molecule has 0 aromatic carbocycles. The highest BCUT2D eigenvalue weighted by atomic mass is 16.2. The van der Waals surface area contributed by atoms with Crippen molar-refractivity contribution in [3.8, 4) is 0 Å². The second-order valence-corrected chi connectivity index (χ2v) is 7.16. The predicted octanol–water partition coefficient (Wildman–Crippen LogP) is 1.96. The summed E-state index contributed by atoms with van der Waals surface area (Å²) < 4.78 is 1.69. The Kier molecular flexibility index (Phi) is 4.88. The number of aromatic nitrogens is 2. The van der Waals surface area contributed by atoms with Gasteiger partial charge >= 0.3 is 0 Å². The normalized spacial score (nSPS) is 15.5. The Bertz CT molecular complexity index is 557. The number of hydrogen-bond acceptors (Lipinski definition) is 3. The van der Waals surface area contributed by atoms with Gasteiger partial charge in [0, 0.05) is 39.0 Å². The van der Waals surface area contributed by atoms with E-state index in [1.54, 1.807) is 9.58 Å². The highest BCUT2D eigenvalue weighted by Crippen LogP contribution is 2.21. The van der Waals surface area contributed by atoms with E-state index in [0.717, 1.165) is 25.1 Å². The van der Waals surface area contributed by atoms with Gasteiger partial charge in [0.1, 0.15) is 5.82 Å². The molecule has 1 aliphatic rings. The van der Waals surface area contributed by atoms with Gasteiger partial charge in [0.05, 0.1) is 5.69 Å². The lowest BCUT2D eigenvalue weighted by Crippen LogP contribution is -2.29. The van der Waals surface area contributed by atoms with Gasteiger partial charge in [-0.05, 0) is 18.3 Å². The molecule has 122 valence electrons. The number of amides is 2. The predicted molar refractivity (Wildman–Crippen MR) is 85.4 cm³/mol. The van der Waals surface area contributed by atoms with E-state index in [1.807, 2.05) is 13.1 Å². The van der Waals surface area contributed by atoms with Crippen molar-refractivity contribution in [2.75, 3.05) is 18.4 Å². The lowest BCUT2D eigenvalue weighted by Gasteiger charge is -2.15. The van der Waals surface area contributed by atoms with Crippen LogP contribution in [0.25, 0.3) is 0 Å². The van der Waals surface area contributed by atoms with Crippen molar-refractivity contribution in [3.63, 3.8) is 0 Å². The average Bonchev–Trinajstić information content (AvgIpc) is 2.92. The van der Waals surface area contributed by atoms with Crippen LogP contribution in [-0.4, -0.2) is 39.6 Å². The molecule has 0 radical (unpaired) electrons. The molecule has 1 saturated heterocycles. The van der Waals surface area contributed by atoms with E-state index in [2.05, 4.69) is 31.2 Å². The molecule has 0 saturated carbocycles. The summed E-state index contributed by atoms with van der Waals surface area (Å²) in [5.41, 5.74) is 1.13. The lowest BCUT2D eigenvalue weighted by molar-refractivity contribution is -0.128. The minimum Gasteiger partial charge on any atom is -0.342 e. The van der Waals surface area contributed by atoms with Crippen molar-refractivity contribution in [1.29, 1.82) is 0 Å². The number of carbonyl (C=O) groups excluding carboxylic acids is 2. The Morgan fingerprint density at radius 3 is 2.73 bits per heavy atom. The third-order valence-electron chi connectivity index (χ3n) is 3.69. The highest BCUT2D eigenvalue weighted by Gasteiger charge is 2.21. The summed E-state index contributed by atoms with van der Waals surface area (Å²) in [5, 5.41) is 7.31. The molecule has 2 heterocycles. The SMILES string of the molecule is Cn1nc(CC(C)(C)C)cc1NC(=O)CCN1CCCC1=O. The summed E-state index contributed by atoms with van der Waals surface area (Å²) in [6, 6.07) is 1.92. The fourth-order valence-electron chi connectivity index (χ4n) is 2.66. The van der Waals surface area contributed by atoms with Gasteiger partial charge in [0.25, 0.3) is 0 Å². The van der Waals surface area contributed by atoms with Crippen LogP contribution in [0.3, 0.4) is 0 Å². The maximum absolute atomic E-state index is 12.0. The number of rotatable bonds is 5. The fraction of sp³-hybridized carbons (Fsp3) is 0.688. The summed E-state index contributed by atoms with van der Waals surface area (Å²) in [5.74, 6) is 0.780. The standard InChI is InChI=1S/C16H26N4O2/c1-16(2,3)11-12-10-13(19(4)18-12)17-14(21)7-9-20-8-5-6-15(20)22/h10H,5-9,11H2,1-4H3,(H,17,21). The molecule has 22 heavy (non-hydrogen) atoms. The van der Waals surface area contributed by atoms with Crippen LogP contribution in [-0.2, 0) is 23.1 Å². The van der Waals surface area contributed by atoms with Crippen LogP contribution in [0.4, 0.5) is 5.82 Å². The van der Waals surface area contributed by atoms with Crippen molar-refractivity contribution in [3.05, 3.63) is 11.8 Å². The van der Waals surface area contributed by atoms with E-state index >= 15 is 0 Å². The van der Waals surface area contributed by atoms with Gasteiger partial charge < -0.3 is 10.2 Å². The molecule has 6 nitrogen and oxygen atoms in total. The van der Waals surface area contributed by atoms with E-state index in [4.69, 9.17) is 0 Å². The number of likely N-dealkylation sites (tertiary alicyclic amines) is 1. The van der Waals surface area contributed by atoms with Crippen molar-refractivity contribution >= 4 is 17.6 Å². The molecule has 1 aliphatic heterocycles. The summed E-state index contributed by atoms with van der Waals surface area (Å²) in [6.07, 6.45) is 2.70. The summed E-state index contributed by atoms with van der Waals surface area (Å²) in [4.78, 5) is 25.3. The molecule has 0 atom stereocenters. The Labute approximate surface area is 131 Å². The van der Waals surface area contributed by atoms with Crippen molar-refractivity contribution in [2.45, 2.75) is 46.5 Å². The first-order chi connectivity index (χ1) is 10.2. The van der Waals surface area contributed by atoms with Crippen LogP contribution < -0.4 is 5.32 Å². The first-order valence-corrected chi connectivity index (χ1v) is 7.85. The van der Waals surface area contributed by atoms with Gasteiger partial charge in [0.2, 0.25) is 11.8 Å². The van der Waals surface area contributed by atoms with E-state index in [-0.39, 0.29) is 17.2 Å². The molecular formula is C16H26N4O2. The molecule has 1 N–H and O–H groups in total. The first-order valence-electron chi connectivity index (χ1n) is 7.85. The van der Waals surface area contributed by atoms with Gasteiger partial charge in [-0.25, -0.2) is 0 Å². The Hall–Kier alpha value is -1.85. The zero-order valence-electron chi connectivity index (χ0n) is 14.0. The first kappa shape index (κ1) is 16.5. The molecule has 2 amide bonds. The quantitative estimate of drug-likeness (QED) is 0.904. The molecule has 6 heteroatoms.